The Morgan fingerprint density at radius 1 is 1.15 bits per heavy atom. The number of rotatable bonds is 3. The van der Waals surface area contributed by atoms with Gasteiger partial charge in [0.05, 0.1) is 12.0 Å². The molecule has 0 saturated carbocycles. The van der Waals surface area contributed by atoms with E-state index in [4.69, 9.17) is 13.9 Å². The van der Waals surface area contributed by atoms with Gasteiger partial charge in [-0.1, -0.05) is 13.8 Å². The molecule has 4 rings (SSSR count). The van der Waals surface area contributed by atoms with Crippen LogP contribution in [0.5, 0.6) is 11.5 Å². The van der Waals surface area contributed by atoms with Crippen molar-refractivity contribution in [1.82, 2.24) is 0 Å². The second-order valence-electron chi connectivity index (χ2n) is 7.25. The van der Waals surface area contributed by atoms with Crippen molar-refractivity contribution in [3.05, 3.63) is 52.7 Å². The minimum Gasteiger partial charge on any atom is -0.462 e. The maximum atomic E-state index is 12.7. The van der Waals surface area contributed by atoms with Crippen LogP contribution < -0.4 is 9.47 Å². The van der Waals surface area contributed by atoms with E-state index in [0.717, 1.165) is 17.7 Å². The van der Waals surface area contributed by atoms with Gasteiger partial charge in [0.25, 0.3) is 0 Å². The van der Waals surface area contributed by atoms with Crippen molar-refractivity contribution in [2.45, 2.75) is 39.5 Å². The van der Waals surface area contributed by atoms with E-state index in [-0.39, 0.29) is 23.4 Å². The van der Waals surface area contributed by atoms with Gasteiger partial charge in [0.15, 0.2) is 5.76 Å². The number of furan rings is 1. The van der Waals surface area contributed by atoms with Crippen LogP contribution in [-0.2, 0) is 4.79 Å². The van der Waals surface area contributed by atoms with Gasteiger partial charge in [0.2, 0.25) is 5.78 Å². The van der Waals surface area contributed by atoms with Crippen molar-refractivity contribution < 1.29 is 23.5 Å². The van der Waals surface area contributed by atoms with Crippen LogP contribution >= 0.6 is 0 Å². The van der Waals surface area contributed by atoms with Crippen molar-refractivity contribution in [2.24, 2.45) is 5.92 Å². The van der Waals surface area contributed by atoms with E-state index in [1.165, 1.54) is 0 Å². The van der Waals surface area contributed by atoms with Crippen molar-refractivity contribution in [3.8, 4) is 11.5 Å². The van der Waals surface area contributed by atoms with E-state index in [9.17, 15) is 9.59 Å². The summed E-state index contributed by atoms with van der Waals surface area (Å²) in [6, 6.07) is 6.98. The number of hydrogen-bond acceptors (Lipinski definition) is 5. The summed E-state index contributed by atoms with van der Waals surface area (Å²) in [5, 5.41) is 0. The summed E-state index contributed by atoms with van der Waals surface area (Å²) >= 11 is 0. The van der Waals surface area contributed by atoms with Crippen LogP contribution in [0, 0.1) is 12.8 Å². The molecular formula is C21H20O5. The molecule has 26 heavy (non-hydrogen) atoms. The second-order valence-corrected chi connectivity index (χ2v) is 7.25. The van der Waals surface area contributed by atoms with Crippen LogP contribution in [0.1, 0.15) is 60.0 Å². The van der Waals surface area contributed by atoms with E-state index < -0.39 is 0 Å². The number of hydrogen-bond donors (Lipinski definition) is 0. The molecule has 2 aliphatic rings. The number of ketones is 1. The third-order valence-electron chi connectivity index (χ3n) is 4.67. The van der Waals surface area contributed by atoms with Crippen molar-refractivity contribution in [2.75, 3.05) is 0 Å². The van der Waals surface area contributed by atoms with E-state index >= 15 is 0 Å². The second kappa shape index (κ2) is 6.16. The molecule has 0 fully saturated rings. The molecule has 1 aromatic carbocycles. The fraction of sp³-hybridized carbons (Fsp3) is 0.333. The standard InChI is InChI=1S/C21H20O5/c1-11(2)8-13-9-18(22)25-16-7-6-15-20(23)17(26-21(15)19(13)16)10-14-5-4-12(3)24-14/h4-7,10-11,13H,8-9H2,1-3H3/b17-10-. The lowest BCUT2D eigenvalue weighted by molar-refractivity contribution is -0.136. The average Bonchev–Trinajstić information content (AvgIpc) is 3.10. The molecule has 2 aromatic rings. The maximum Gasteiger partial charge on any atom is 0.311 e. The highest BCUT2D eigenvalue weighted by molar-refractivity contribution is 6.15. The van der Waals surface area contributed by atoms with Crippen LogP contribution in [0.2, 0.25) is 0 Å². The van der Waals surface area contributed by atoms with Crippen molar-refractivity contribution in [1.29, 1.82) is 0 Å². The van der Waals surface area contributed by atoms with Gasteiger partial charge < -0.3 is 13.9 Å². The molecule has 0 aliphatic carbocycles. The SMILES string of the molecule is Cc1ccc(/C=C2\Oc3c(ccc4c3C(CC(C)C)CC(=O)O4)C2=O)o1. The molecule has 3 heterocycles. The Morgan fingerprint density at radius 2 is 1.96 bits per heavy atom. The topological polar surface area (TPSA) is 65.7 Å². The van der Waals surface area contributed by atoms with Gasteiger partial charge in [0.1, 0.15) is 23.0 Å². The highest BCUT2D eigenvalue weighted by Gasteiger charge is 2.38. The van der Waals surface area contributed by atoms with Crippen LogP contribution in [0.4, 0.5) is 0 Å². The van der Waals surface area contributed by atoms with Crippen LogP contribution in [0.3, 0.4) is 0 Å². The fourth-order valence-corrected chi connectivity index (χ4v) is 3.63. The molecule has 1 aromatic heterocycles. The highest BCUT2D eigenvalue weighted by atomic mass is 16.5. The smallest absolute Gasteiger partial charge is 0.311 e. The molecule has 5 heteroatoms. The molecular weight excluding hydrogens is 332 g/mol. The molecule has 0 N–H and O–H groups in total. The van der Waals surface area contributed by atoms with E-state index in [1.807, 2.05) is 13.0 Å². The van der Waals surface area contributed by atoms with Gasteiger partial charge in [-0.25, -0.2) is 0 Å². The summed E-state index contributed by atoms with van der Waals surface area (Å²) in [5.41, 5.74) is 1.33. The van der Waals surface area contributed by atoms with Gasteiger partial charge in [-0.3, -0.25) is 9.59 Å². The lowest BCUT2D eigenvalue weighted by atomic mass is 9.84. The molecule has 0 saturated heterocycles. The first-order valence-corrected chi connectivity index (χ1v) is 8.80. The Hall–Kier alpha value is -2.82. The molecule has 134 valence electrons. The Kier molecular flexibility index (Phi) is 3.94. The molecule has 0 spiro atoms. The predicted octanol–water partition coefficient (Wildman–Crippen LogP) is 4.64. The quantitative estimate of drug-likeness (QED) is 0.457. The predicted molar refractivity (Wildman–Crippen MR) is 95.3 cm³/mol. The number of esters is 1. The first-order valence-electron chi connectivity index (χ1n) is 8.80. The zero-order chi connectivity index (χ0) is 18.4. The van der Waals surface area contributed by atoms with Crippen molar-refractivity contribution in [3.63, 3.8) is 0 Å². The normalized spacial score (nSPS) is 20.2. The first-order chi connectivity index (χ1) is 12.4. The first kappa shape index (κ1) is 16.6. The number of fused-ring (bicyclic) bond motifs is 3. The molecule has 5 nitrogen and oxygen atoms in total. The largest absolute Gasteiger partial charge is 0.462 e. The van der Waals surface area contributed by atoms with Gasteiger partial charge >= 0.3 is 5.97 Å². The number of Topliss-reactive ketones (excluding diaryl/α,β-unsaturated/α-hetero) is 1. The summed E-state index contributed by atoms with van der Waals surface area (Å²) < 4.78 is 16.8. The zero-order valence-corrected chi connectivity index (χ0v) is 15.0. The number of carbonyl (C=O) groups excluding carboxylic acids is 2. The average molecular weight is 352 g/mol. The van der Waals surface area contributed by atoms with Gasteiger partial charge in [-0.2, -0.15) is 0 Å². The van der Waals surface area contributed by atoms with Crippen molar-refractivity contribution >= 4 is 17.8 Å². The van der Waals surface area contributed by atoms with Crippen LogP contribution in [0.25, 0.3) is 6.08 Å². The van der Waals surface area contributed by atoms with E-state index in [0.29, 0.717) is 35.2 Å². The molecule has 0 bridgehead atoms. The van der Waals surface area contributed by atoms with E-state index in [2.05, 4.69) is 13.8 Å². The lowest BCUT2D eigenvalue weighted by Gasteiger charge is -2.27. The summed E-state index contributed by atoms with van der Waals surface area (Å²) in [4.78, 5) is 24.7. The number of allylic oxidation sites excluding steroid dienone is 1. The third-order valence-corrected chi connectivity index (χ3v) is 4.67. The molecule has 2 aliphatic heterocycles. The summed E-state index contributed by atoms with van der Waals surface area (Å²) in [6.45, 7) is 6.06. The van der Waals surface area contributed by atoms with Crippen LogP contribution in [-0.4, -0.2) is 11.8 Å². The van der Waals surface area contributed by atoms with Gasteiger partial charge in [-0.05, 0) is 43.5 Å². The number of carbonyl (C=O) groups is 2. The van der Waals surface area contributed by atoms with E-state index in [1.54, 1.807) is 24.3 Å². The molecule has 1 atom stereocenters. The lowest BCUT2D eigenvalue weighted by Crippen LogP contribution is -2.21. The van der Waals surface area contributed by atoms with Gasteiger partial charge in [-0.15, -0.1) is 0 Å². The fourth-order valence-electron chi connectivity index (χ4n) is 3.63. The monoisotopic (exact) mass is 352 g/mol. The number of ether oxygens (including phenoxy) is 2. The minimum atomic E-state index is -0.241. The molecule has 0 radical (unpaired) electrons. The number of benzene rings is 1. The third kappa shape index (κ3) is 2.83. The number of aryl methyl sites for hydroxylation is 1. The summed E-state index contributed by atoms with van der Waals surface area (Å²) in [5.74, 6) is 2.54. The molecule has 0 amide bonds. The Balaban J connectivity index is 1.77. The van der Waals surface area contributed by atoms with Gasteiger partial charge in [0, 0.05) is 17.6 Å². The zero-order valence-electron chi connectivity index (χ0n) is 15.0. The summed E-state index contributed by atoms with van der Waals surface area (Å²) in [7, 11) is 0. The Morgan fingerprint density at radius 3 is 2.65 bits per heavy atom. The Bertz CT molecular complexity index is 932. The summed E-state index contributed by atoms with van der Waals surface area (Å²) in [6.07, 6.45) is 2.73. The minimum absolute atomic E-state index is 0.0146. The molecule has 1 unspecified atom stereocenters. The highest BCUT2D eigenvalue weighted by Crippen LogP contribution is 2.48. The van der Waals surface area contributed by atoms with Crippen LogP contribution in [0.15, 0.2) is 34.4 Å². The Labute approximate surface area is 151 Å². The maximum absolute atomic E-state index is 12.7.